The molecule has 0 radical (unpaired) electrons. The van der Waals surface area contributed by atoms with E-state index in [-0.39, 0.29) is 25.8 Å². The first-order valence-corrected chi connectivity index (χ1v) is 19.3. The fraction of sp³-hybridized carbons (Fsp3) is 0.538. The molecule has 8 nitrogen and oxygen atoms in total. The number of β-amino-alcohol motifs (C(OH)–C–C–N with tert-alkyl or cyclic N) is 1. The highest BCUT2D eigenvalue weighted by Crippen LogP contribution is 2.36. The second-order valence-corrected chi connectivity index (χ2v) is 18.0. The van der Waals surface area contributed by atoms with Crippen LogP contribution in [0.3, 0.4) is 0 Å². The van der Waals surface area contributed by atoms with E-state index in [2.05, 4.69) is 10.6 Å². The maximum absolute atomic E-state index is 14.1. The number of hydrogen-bond donors (Lipinski definition) is 3. The standard InChI is InChI=1S/C39H52F3N3O5S/c1-25(2)35(44-36(47)30(24-51(49,50)38(4,5)6)22-29-17-12-16-28-15-10-11-18-31(28)29)37(48)43-32(21-27-13-8-7-9-14-27)33(46)23-45-26(3)19-20-34(45)39(40,41)42/h7-18,25-26,30,32-35,46H,19-24H2,1-6H3,(H,43,48)(H,44,47). The van der Waals surface area contributed by atoms with Gasteiger partial charge in [0, 0.05) is 12.6 Å². The maximum Gasteiger partial charge on any atom is 0.404 e. The van der Waals surface area contributed by atoms with Gasteiger partial charge in [0.05, 0.1) is 28.6 Å². The van der Waals surface area contributed by atoms with Crippen LogP contribution in [-0.4, -0.2) is 83.7 Å². The van der Waals surface area contributed by atoms with Crippen LogP contribution in [0.2, 0.25) is 0 Å². The Morgan fingerprint density at radius 2 is 1.51 bits per heavy atom. The number of sulfone groups is 1. The van der Waals surface area contributed by atoms with Crippen LogP contribution in [0.25, 0.3) is 10.8 Å². The van der Waals surface area contributed by atoms with Crippen LogP contribution in [0, 0.1) is 11.8 Å². The molecule has 0 spiro atoms. The third kappa shape index (κ3) is 10.3. The van der Waals surface area contributed by atoms with Gasteiger partial charge in [-0.15, -0.1) is 0 Å². The molecule has 0 aromatic heterocycles. The van der Waals surface area contributed by atoms with Crippen molar-refractivity contribution in [3.05, 3.63) is 83.9 Å². The molecule has 1 heterocycles. The van der Waals surface area contributed by atoms with Crippen molar-refractivity contribution in [3.63, 3.8) is 0 Å². The van der Waals surface area contributed by atoms with E-state index in [1.807, 2.05) is 48.5 Å². The number of carbonyl (C=O) groups is 2. The lowest BCUT2D eigenvalue weighted by atomic mass is 9.94. The zero-order valence-electron chi connectivity index (χ0n) is 30.3. The fourth-order valence-corrected chi connectivity index (χ4v) is 8.05. The zero-order valence-corrected chi connectivity index (χ0v) is 31.1. The average Bonchev–Trinajstić information content (AvgIpc) is 3.42. The highest BCUT2D eigenvalue weighted by atomic mass is 32.2. The SMILES string of the molecule is CC(C)C(NC(=O)C(Cc1cccc2ccccc12)CS(=O)(=O)C(C)(C)C)C(=O)NC(Cc1ccccc1)C(O)CN1C(C)CCC1C(F)(F)F. The molecule has 51 heavy (non-hydrogen) atoms. The highest BCUT2D eigenvalue weighted by Gasteiger charge is 2.49. The number of amides is 2. The molecule has 4 rings (SSSR count). The first-order valence-electron chi connectivity index (χ1n) is 17.6. The van der Waals surface area contributed by atoms with Gasteiger partial charge in [-0.2, -0.15) is 13.2 Å². The van der Waals surface area contributed by atoms with Crippen LogP contribution in [0.4, 0.5) is 13.2 Å². The smallest absolute Gasteiger partial charge is 0.390 e. The van der Waals surface area contributed by atoms with Crippen molar-refractivity contribution in [3.8, 4) is 0 Å². The number of aliphatic hydroxyl groups is 1. The van der Waals surface area contributed by atoms with Crippen molar-refractivity contribution in [2.75, 3.05) is 12.3 Å². The molecular weight excluding hydrogens is 680 g/mol. The van der Waals surface area contributed by atoms with E-state index < -0.39 is 80.4 Å². The Morgan fingerprint density at radius 1 is 0.882 bits per heavy atom. The summed E-state index contributed by atoms with van der Waals surface area (Å²) in [4.78, 5) is 29.4. The molecule has 280 valence electrons. The van der Waals surface area contributed by atoms with Gasteiger partial charge < -0.3 is 15.7 Å². The van der Waals surface area contributed by atoms with Gasteiger partial charge >= 0.3 is 6.18 Å². The fourth-order valence-electron chi connectivity index (χ4n) is 6.75. The lowest BCUT2D eigenvalue weighted by Gasteiger charge is -2.35. The highest BCUT2D eigenvalue weighted by molar-refractivity contribution is 7.92. The molecule has 0 aliphatic carbocycles. The molecule has 0 saturated carbocycles. The lowest BCUT2D eigenvalue weighted by Crippen LogP contribution is -2.58. The van der Waals surface area contributed by atoms with Crippen LogP contribution >= 0.6 is 0 Å². The minimum atomic E-state index is -4.46. The Hall–Kier alpha value is -3.48. The van der Waals surface area contributed by atoms with Crippen molar-refractivity contribution in [2.24, 2.45) is 11.8 Å². The number of alkyl halides is 3. The number of benzene rings is 3. The average molecular weight is 732 g/mol. The van der Waals surface area contributed by atoms with Gasteiger partial charge in [-0.25, -0.2) is 8.42 Å². The zero-order chi connectivity index (χ0) is 37.7. The first kappa shape index (κ1) is 40.3. The van der Waals surface area contributed by atoms with Crippen LogP contribution < -0.4 is 10.6 Å². The van der Waals surface area contributed by atoms with Gasteiger partial charge in [-0.1, -0.05) is 86.6 Å². The number of nitrogens with one attached hydrogen (secondary N) is 2. The van der Waals surface area contributed by atoms with E-state index in [1.54, 1.807) is 65.8 Å². The summed E-state index contributed by atoms with van der Waals surface area (Å²) in [7, 11) is -3.77. The number of hydrogen-bond acceptors (Lipinski definition) is 6. The monoisotopic (exact) mass is 731 g/mol. The van der Waals surface area contributed by atoms with E-state index in [4.69, 9.17) is 0 Å². The predicted octanol–water partition coefficient (Wildman–Crippen LogP) is 5.86. The third-order valence-corrected chi connectivity index (χ3v) is 12.7. The molecule has 1 fully saturated rings. The Balaban J connectivity index is 1.60. The van der Waals surface area contributed by atoms with Gasteiger partial charge in [-0.3, -0.25) is 14.5 Å². The van der Waals surface area contributed by atoms with Gasteiger partial charge in [0.2, 0.25) is 11.8 Å². The molecular formula is C39H52F3N3O5S. The molecule has 2 amide bonds. The van der Waals surface area contributed by atoms with Crippen molar-refractivity contribution < 1.29 is 36.3 Å². The Bertz CT molecular complexity index is 1740. The summed E-state index contributed by atoms with van der Waals surface area (Å²) in [6.45, 7) is 9.60. The minimum absolute atomic E-state index is 0.0700. The van der Waals surface area contributed by atoms with Gasteiger partial charge in [-0.05, 0) is 81.2 Å². The van der Waals surface area contributed by atoms with E-state index >= 15 is 0 Å². The number of nitrogens with zero attached hydrogens (tertiary/aromatic N) is 1. The second-order valence-electron chi connectivity index (χ2n) is 15.2. The summed E-state index contributed by atoms with van der Waals surface area (Å²) in [5.74, 6) is -3.15. The minimum Gasteiger partial charge on any atom is -0.390 e. The van der Waals surface area contributed by atoms with Crippen molar-refractivity contribution in [1.29, 1.82) is 0 Å². The predicted molar refractivity (Wildman–Crippen MR) is 195 cm³/mol. The summed E-state index contributed by atoms with van der Waals surface area (Å²) in [6.07, 6.45) is -5.31. The largest absolute Gasteiger partial charge is 0.404 e. The Kier molecular flexibility index (Phi) is 13.0. The van der Waals surface area contributed by atoms with E-state index in [9.17, 15) is 36.3 Å². The second kappa shape index (κ2) is 16.5. The van der Waals surface area contributed by atoms with E-state index in [0.717, 1.165) is 21.9 Å². The van der Waals surface area contributed by atoms with Crippen molar-refractivity contribution >= 4 is 32.4 Å². The van der Waals surface area contributed by atoms with E-state index in [0.29, 0.717) is 6.42 Å². The topological polar surface area (TPSA) is 116 Å². The van der Waals surface area contributed by atoms with Crippen molar-refractivity contribution in [2.45, 2.75) is 108 Å². The third-order valence-electron chi connectivity index (χ3n) is 10.0. The molecule has 1 aliphatic heterocycles. The molecule has 1 aliphatic rings. The molecule has 3 aromatic carbocycles. The summed E-state index contributed by atoms with van der Waals surface area (Å²) in [5, 5.41) is 19.0. The molecule has 6 atom stereocenters. The summed E-state index contributed by atoms with van der Waals surface area (Å²) in [5.41, 5.74) is 1.55. The molecule has 3 N–H and O–H groups in total. The number of aliphatic hydroxyl groups excluding tert-OH is 1. The van der Waals surface area contributed by atoms with Crippen LogP contribution in [0.5, 0.6) is 0 Å². The summed E-state index contributed by atoms with van der Waals surface area (Å²) < 4.78 is 67.4. The number of halogens is 3. The number of likely N-dealkylation sites (tertiary alicyclic amines) is 1. The normalized spacial score (nSPS) is 19.8. The number of fused-ring (bicyclic) bond motifs is 1. The Labute approximate surface area is 300 Å². The van der Waals surface area contributed by atoms with Crippen LogP contribution in [-0.2, 0) is 32.3 Å². The molecule has 1 saturated heterocycles. The molecule has 6 unspecified atom stereocenters. The maximum atomic E-state index is 14.1. The molecule has 12 heteroatoms. The van der Waals surface area contributed by atoms with Crippen molar-refractivity contribution in [1.82, 2.24) is 15.5 Å². The molecule has 0 bridgehead atoms. The lowest BCUT2D eigenvalue weighted by molar-refractivity contribution is -0.182. The molecule has 3 aromatic rings. The quantitative estimate of drug-likeness (QED) is 0.192. The summed E-state index contributed by atoms with van der Waals surface area (Å²) >= 11 is 0. The Morgan fingerprint density at radius 3 is 2.14 bits per heavy atom. The van der Waals surface area contributed by atoms with Gasteiger partial charge in [0.25, 0.3) is 0 Å². The van der Waals surface area contributed by atoms with Crippen LogP contribution in [0.15, 0.2) is 72.8 Å². The number of carbonyl (C=O) groups excluding carboxylic acids is 2. The van der Waals surface area contributed by atoms with Gasteiger partial charge in [0.15, 0.2) is 9.84 Å². The van der Waals surface area contributed by atoms with E-state index in [1.165, 1.54) is 4.90 Å². The summed E-state index contributed by atoms with van der Waals surface area (Å²) in [6, 6.07) is 18.1. The van der Waals surface area contributed by atoms with Gasteiger partial charge in [0.1, 0.15) is 12.1 Å². The van der Waals surface area contributed by atoms with Crippen LogP contribution in [0.1, 0.15) is 65.5 Å². The number of rotatable bonds is 14. The first-order chi connectivity index (χ1) is 23.8.